The van der Waals surface area contributed by atoms with Crippen LogP contribution in [0.4, 0.5) is 22.0 Å². The van der Waals surface area contributed by atoms with Crippen LogP contribution in [0.15, 0.2) is 48.0 Å². The first-order valence-corrected chi connectivity index (χ1v) is 10.3. The maximum absolute atomic E-state index is 14.2. The normalized spacial score (nSPS) is 16.1. The van der Waals surface area contributed by atoms with Crippen molar-refractivity contribution in [3.8, 4) is 0 Å². The third kappa shape index (κ3) is 6.02. The molecule has 0 saturated carbocycles. The first-order chi connectivity index (χ1) is 14.4. The van der Waals surface area contributed by atoms with Crippen LogP contribution in [0.2, 0.25) is 0 Å². The van der Waals surface area contributed by atoms with Crippen molar-refractivity contribution >= 4 is 11.4 Å². The number of rotatable bonds is 8. The highest BCUT2D eigenvalue weighted by Gasteiger charge is 2.39. The molecular formula is C25H25F5O. The molecule has 1 aliphatic rings. The molecule has 0 aliphatic heterocycles. The van der Waals surface area contributed by atoms with Crippen molar-refractivity contribution in [2.75, 3.05) is 0 Å². The number of aryl methyl sites for hydroxylation is 2. The first kappa shape index (κ1) is 23.2. The van der Waals surface area contributed by atoms with Crippen LogP contribution in [0.1, 0.15) is 61.8 Å². The van der Waals surface area contributed by atoms with Crippen LogP contribution in [0, 0.1) is 5.82 Å². The molecular weight excluding hydrogens is 411 g/mol. The van der Waals surface area contributed by atoms with Gasteiger partial charge in [0.1, 0.15) is 11.6 Å². The Bertz CT molecular complexity index is 984. The molecule has 3 rings (SSSR count). The van der Waals surface area contributed by atoms with Crippen molar-refractivity contribution in [1.82, 2.24) is 0 Å². The standard InChI is InChI=1S/C25H25F5O/c1-16(31)3-6-19-7-4-17(13-23(19)24(2,27)28)5-8-20-14-25(29,30)15-22(20)18-9-11-21(26)12-10-18/h4,7,9-13H,3,5-6,8,14-15H2,1-2H3. The van der Waals surface area contributed by atoms with E-state index in [0.717, 1.165) is 6.92 Å². The summed E-state index contributed by atoms with van der Waals surface area (Å²) in [5, 5.41) is 0. The maximum Gasteiger partial charge on any atom is 0.270 e. The van der Waals surface area contributed by atoms with E-state index in [1.807, 2.05) is 0 Å². The van der Waals surface area contributed by atoms with E-state index >= 15 is 0 Å². The Labute approximate surface area is 179 Å². The Hall–Kier alpha value is -2.50. The molecule has 0 bridgehead atoms. The van der Waals surface area contributed by atoms with Gasteiger partial charge in [-0.15, -0.1) is 0 Å². The SMILES string of the molecule is CC(=O)CCc1ccc(CCC2=C(c3ccc(F)cc3)CC(F)(F)C2)cc1C(C)(F)F. The van der Waals surface area contributed by atoms with Gasteiger partial charge in [-0.25, -0.2) is 22.0 Å². The fourth-order valence-corrected chi connectivity index (χ4v) is 4.07. The molecule has 31 heavy (non-hydrogen) atoms. The van der Waals surface area contributed by atoms with Crippen LogP contribution in [0.5, 0.6) is 0 Å². The quantitative estimate of drug-likeness (QED) is 0.398. The van der Waals surface area contributed by atoms with E-state index in [0.29, 0.717) is 40.7 Å². The minimum Gasteiger partial charge on any atom is -0.300 e. The summed E-state index contributed by atoms with van der Waals surface area (Å²) < 4.78 is 69.8. The van der Waals surface area contributed by atoms with Gasteiger partial charge in [-0.3, -0.25) is 0 Å². The number of ketones is 1. The number of hydrogen-bond donors (Lipinski definition) is 0. The van der Waals surface area contributed by atoms with Crippen LogP contribution in [0.3, 0.4) is 0 Å². The lowest BCUT2D eigenvalue weighted by Crippen LogP contribution is -2.12. The Kier molecular flexibility index (Phi) is 6.68. The van der Waals surface area contributed by atoms with Crippen LogP contribution in [-0.4, -0.2) is 11.7 Å². The summed E-state index contributed by atoms with van der Waals surface area (Å²) in [6.45, 7) is 2.23. The number of halogens is 5. The van der Waals surface area contributed by atoms with Crippen molar-refractivity contribution in [2.24, 2.45) is 0 Å². The second kappa shape index (κ2) is 8.93. The Morgan fingerprint density at radius 2 is 1.68 bits per heavy atom. The van der Waals surface area contributed by atoms with Crippen molar-refractivity contribution in [3.05, 3.63) is 76.1 Å². The van der Waals surface area contributed by atoms with E-state index in [1.165, 1.54) is 37.3 Å². The Morgan fingerprint density at radius 1 is 1.00 bits per heavy atom. The average molecular weight is 436 g/mol. The van der Waals surface area contributed by atoms with Gasteiger partial charge < -0.3 is 4.79 Å². The molecule has 0 saturated heterocycles. The first-order valence-electron chi connectivity index (χ1n) is 10.3. The molecule has 1 nitrogen and oxygen atoms in total. The number of carbonyl (C=O) groups excluding carboxylic acids is 1. The van der Waals surface area contributed by atoms with Gasteiger partial charge in [0.2, 0.25) is 0 Å². The summed E-state index contributed by atoms with van der Waals surface area (Å²) in [7, 11) is 0. The fourth-order valence-electron chi connectivity index (χ4n) is 4.07. The van der Waals surface area contributed by atoms with Gasteiger partial charge in [0.25, 0.3) is 11.8 Å². The van der Waals surface area contributed by atoms with E-state index in [-0.39, 0.29) is 30.6 Å². The minimum atomic E-state index is -3.07. The molecule has 1 aliphatic carbocycles. The van der Waals surface area contributed by atoms with E-state index in [9.17, 15) is 26.7 Å². The molecule has 0 spiro atoms. The third-order valence-electron chi connectivity index (χ3n) is 5.64. The summed E-state index contributed by atoms with van der Waals surface area (Å²) in [6, 6.07) is 10.2. The van der Waals surface area contributed by atoms with Crippen LogP contribution in [0.25, 0.3) is 5.57 Å². The fraction of sp³-hybridized carbons (Fsp3) is 0.400. The molecule has 0 atom stereocenters. The van der Waals surface area contributed by atoms with Crippen molar-refractivity contribution in [3.63, 3.8) is 0 Å². The second-order valence-electron chi connectivity index (χ2n) is 8.38. The summed E-state index contributed by atoms with van der Waals surface area (Å²) in [6.07, 6.45) is 0.283. The maximum atomic E-state index is 14.2. The van der Waals surface area contributed by atoms with Crippen LogP contribution < -0.4 is 0 Å². The molecule has 2 aromatic rings. The number of benzene rings is 2. The lowest BCUT2D eigenvalue weighted by Gasteiger charge is -2.17. The molecule has 166 valence electrons. The van der Waals surface area contributed by atoms with Gasteiger partial charge >= 0.3 is 0 Å². The summed E-state index contributed by atoms with van der Waals surface area (Å²) in [4.78, 5) is 11.2. The predicted octanol–water partition coefficient (Wildman–Crippen LogP) is 7.27. The summed E-state index contributed by atoms with van der Waals surface area (Å²) in [5.74, 6) is -6.44. The lowest BCUT2D eigenvalue weighted by molar-refractivity contribution is -0.117. The number of alkyl halides is 4. The molecule has 0 aromatic heterocycles. The molecule has 0 heterocycles. The van der Waals surface area contributed by atoms with Gasteiger partial charge in [-0.1, -0.05) is 29.8 Å². The van der Waals surface area contributed by atoms with Crippen LogP contribution in [-0.2, 0) is 23.6 Å². The van der Waals surface area contributed by atoms with Gasteiger partial charge in [-0.05, 0) is 66.6 Å². The number of hydrogen-bond acceptors (Lipinski definition) is 1. The average Bonchev–Trinajstić information content (AvgIpc) is 2.99. The van der Waals surface area contributed by atoms with E-state index in [2.05, 4.69) is 0 Å². The van der Waals surface area contributed by atoms with Crippen molar-refractivity contribution in [2.45, 2.75) is 64.2 Å². The number of allylic oxidation sites excluding steroid dienone is 2. The van der Waals surface area contributed by atoms with Gasteiger partial charge in [-0.2, -0.15) is 0 Å². The highest BCUT2D eigenvalue weighted by molar-refractivity contribution is 5.75. The Balaban J connectivity index is 1.83. The zero-order chi connectivity index (χ0) is 22.8. The lowest BCUT2D eigenvalue weighted by atomic mass is 9.92. The van der Waals surface area contributed by atoms with Gasteiger partial charge in [0.15, 0.2) is 0 Å². The third-order valence-corrected chi connectivity index (χ3v) is 5.64. The summed E-state index contributed by atoms with van der Waals surface area (Å²) >= 11 is 0. The molecule has 2 aromatic carbocycles. The molecule has 0 radical (unpaired) electrons. The predicted molar refractivity (Wildman–Crippen MR) is 111 cm³/mol. The summed E-state index contributed by atoms with van der Waals surface area (Å²) in [5.41, 5.74) is 2.56. The Morgan fingerprint density at radius 3 is 2.29 bits per heavy atom. The topological polar surface area (TPSA) is 17.1 Å². The van der Waals surface area contributed by atoms with E-state index in [1.54, 1.807) is 12.1 Å². The zero-order valence-electron chi connectivity index (χ0n) is 17.6. The zero-order valence-corrected chi connectivity index (χ0v) is 17.6. The van der Waals surface area contributed by atoms with E-state index < -0.39 is 24.1 Å². The molecule has 0 amide bonds. The minimum absolute atomic E-state index is 0.0723. The van der Waals surface area contributed by atoms with E-state index in [4.69, 9.17) is 0 Å². The largest absolute Gasteiger partial charge is 0.300 e. The molecule has 0 N–H and O–H groups in total. The van der Waals surface area contributed by atoms with Gasteiger partial charge in [0, 0.05) is 31.7 Å². The molecule has 0 fully saturated rings. The monoisotopic (exact) mass is 436 g/mol. The number of Topliss-reactive ketones (excluding diaryl/α,β-unsaturated/α-hetero) is 1. The van der Waals surface area contributed by atoms with Crippen molar-refractivity contribution in [1.29, 1.82) is 0 Å². The van der Waals surface area contributed by atoms with Crippen LogP contribution >= 0.6 is 0 Å². The smallest absolute Gasteiger partial charge is 0.270 e. The number of carbonyl (C=O) groups is 1. The van der Waals surface area contributed by atoms with Crippen molar-refractivity contribution < 1.29 is 26.7 Å². The highest BCUT2D eigenvalue weighted by atomic mass is 19.3. The molecule has 0 unspecified atom stereocenters. The second-order valence-corrected chi connectivity index (χ2v) is 8.38. The van der Waals surface area contributed by atoms with Gasteiger partial charge in [0.05, 0.1) is 0 Å². The highest BCUT2D eigenvalue weighted by Crippen LogP contribution is 2.45. The molecule has 6 heteroatoms.